The minimum atomic E-state index is -0.720. The number of nitrogens with two attached hydrogens (primary N) is 1. The average Bonchev–Trinajstić information content (AvgIpc) is 3.31. The van der Waals surface area contributed by atoms with Crippen LogP contribution in [-0.2, 0) is 17.1 Å². The lowest BCUT2D eigenvalue weighted by molar-refractivity contribution is -0.0738. The van der Waals surface area contributed by atoms with Crippen molar-refractivity contribution in [2.75, 3.05) is 6.61 Å². The molecule has 38 heavy (non-hydrogen) atoms. The van der Waals surface area contributed by atoms with Gasteiger partial charge in [0.05, 0.1) is 29.2 Å². The first-order valence-corrected chi connectivity index (χ1v) is 12.8. The number of carbonyl (C=O) groups is 1. The molecule has 1 aliphatic carbocycles. The Labute approximate surface area is 221 Å². The highest BCUT2D eigenvalue weighted by molar-refractivity contribution is 5.95. The molecule has 0 unspecified atom stereocenters. The summed E-state index contributed by atoms with van der Waals surface area (Å²) in [5.41, 5.74) is 13.6. The molecule has 1 aromatic heterocycles. The number of rotatable bonds is 6. The molecular formula is C30H30N4O4. The number of nitrogens with one attached hydrogen (secondary N) is 1. The molecular weight excluding hydrogens is 480 g/mol. The lowest BCUT2D eigenvalue weighted by Gasteiger charge is -2.49. The fraction of sp³-hybridized carbons (Fsp3) is 0.267. The second-order valence-electron chi connectivity index (χ2n) is 10.4. The van der Waals surface area contributed by atoms with Crippen LogP contribution in [0.15, 0.2) is 72.8 Å². The van der Waals surface area contributed by atoms with Crippen LogP contribution in [0, 0.1) is 0 Å². The lowest BCUT2D eigenvalue weighted by atomic mass is 9.63. The molecule has 0 radical (unpaired) electrons. The third kappa shape index (κ3) is 4.16. The van der Waals surface area contributed by atoms with Crippen molar-refractivity contribution in [1.82, 2.24) is 15.0 Å². The van der Waals surface area contributed by atoms with Gasteiger partial charge in [0.25, 0.3) is 5.91 Å². The Balaban J connectivity index is 1.44. The number of hydrogen-bond acceptors (Lipinski definition) is 6. The number of aliphatic hydroxyl groups is 1. The molecule has 0 spiro atoms. The summed E-state index contributed by atoms with van der Waals surface area (Å²) in [5, 5.41) is 10.2. The molecule has 6 rings (SSSR count). The van der Waals surface area contributed by atoms with Crippen molar-refractivity contribution in [1.29, 1.82) is 0 Å². The van der Waals surface area contributed by atoms with Gasteiger partial charge in [0, 0.05) is 22.2 Å². The molecule has 2 heterocycles. The maximum atomic E-state index is 12.6. The third-order valence-electron chi connectivity index (χ3n) is 7.28. The number of carbonyl (C=O) groups excluding carboxylic acids is 1. The van der Waals surface area contributed by atoms with E-state index < -0.39 is 11.1 Å². The Hall–Kier alpha value is -3.98. The van der Waals surface area contributed by atoms with Gasteiger partial charge < -0.3 is 15.6 Å². The van der Waals surface area contributed by atoms with Crippen molar-refractivity contribution < 1.29 is 19.5 Å². The number of ether oxygens (including phenoxy) is 1. The lowest BCUT2D eigenvalue weighted by Crippen LogP contribution is -2.58. The first-order valence-electron chi connectivity index (χ1n) is 12.8. The van der Waals surface area contributed by atoms with Gasteiger partial charge in [-0.25, -0.2) is 10.5 Å². The predicted molar refractivity (Wildman–Crippen MR) is 144 cm³/mol. The van der Waals surface area contributed by atoms with Crippen LogP contribution in [0.2, 0.25) is 0 Å². The highest BCUT2D eigenvalue weighted by atomic mass is 16.6. The smallest absolute Gasteiger partial charge is 0.274 e. The zero-order valence-corrected chi connectivity index (χ0v) is 21.4. The maximum Gasteiger partial charge on any atom is 0.274 e. The van der Waals surface area contributed by atoms with E-state index in [4.69, 9.17) is 20.3 Å². The number of amides is 1. The van der Waals surface area contributed by atoms with Gasteiger partial charge in [0.15, 0.2) is 6.73 Å². The van der Waals surface area contributed by atoms with E-state index in [0.717, 1.165) is 39.5 Å². The third-order valence-corrected chi connectivity index (χ3v) is 7.28. The highest BCUT2D eigenvalue weighted by Crippen LogP contribution is 2.47. The molecule has 4 N–H and O–H groups in total. The number of fused-ring (bicyclic) bond motifs is 3. The van der Waals surface area contributed by atoms with Gasteiger partial charge in [0.2, 0.25) is 0 Å². The summed E-state index contributed by atoms with van der Waals surface area (Å²) < 4.78 is 8.14. The van der Waals surface area contributed by atoms with Gasteiger partial charge >= 0.3 is 0 Å². The van der Waals surface area contributed by atoms with Gasteiger partial charge in [-0.15, -0.1) is 0 Å². The van der Waals surface area contributed by atoms with E-state index >= 15 is 0 Å². The summed E-state index contributed by atoms with van der Waals surface area (Å²) in [5.74, 6) is 1.06. The molecule has 1 saturated carbocycles. The minimum Gasteiger partial charge on any atom is -0.472 e. The number of benzene rings is 3. The zero-order valence-electron chi connectivity index (χ0n) is 21.4. The predicted octanol–water partition coefficient (Wildman–Crippen LogP) is 4.61. The largest absolute Gasteiger partial charge is 0.472 e. The SMILES string of the molecule is CCONC(=O)c1ccc2c(c1)-c1nc(-c3ccc([C@]4(N)C[C@](C)(O)C4)cc3)c(-c3ccccc3)n1CO2. The van der Waals surface area contributed by atoms with Gasteiger partial charge in [0.1, 0.15) is 11.6 Å². The molecule has 1 amide bonds. The van der Waals surface area contributed by atoms with Gasteiger partial charge in [-0.2, -0.15) is 0 Å². The number of nitrogens with zero attached hydrogens (tertiary/aromatic N) is 2. The molecule has 0 atom stereocenters. The molecule has 2 aliphatic rings. The molecule has 8 heteroatoms. The maximum absolute atomic E-state index is 12.6. The number of aromatic nitrogens is 2. The van der Waals surface area contributed by atoms with Crippen molar-refractivity contribution >= 4 is 5.91 Å². The number of hydroxylamine groups is 1. The number of hydrogen-bond donors (Lipinski definition) is 3. The fourth-order valence-corrected chi connectivity index (χ4v) is 5.65. The monoisotopic (exact) mass is 510 g/mol. The molecule has 194 valence electrons. The molecule has 8 nitrogen and oxygen atoms in total. The van der Waals surface area contributed by atoms with Gasteiger partial charge in [-0.1, -0.05) is 54.6 Å². The zero-order chi connectivity index (χ0) is 26.5. The van der Waals surface area contributed by atoms with E-state index in [-0.39, 0.29) is 5.91 Å². The fourth-order valence-electron chi connectivity index (χ4n) is 5.65. The summed E-state index contributed by atoms with van der Waals surface area (Å²) in [6, 6.07) is 23.5. The van der Waals surface area contributed by atoms with Crippen molar-refractivity contribution in [3.8, 4) is 39.7 Å². The summed E-state index contributed by atoms with van der Waals surface area (Å²) in [4.78, 5) is 22.8. The van der Waals surface area contributed by atoms with E-state index in [1.54, 1.807) is 25.1 Å². The second-order valence-corrected chi connectivity index (χ2v) is 10.4. The van der Waals surface area contributed by atoms with E-state index in [1.807, 2.05) is 54.0 Å². The second kappa shape index (κ2) is 9.09. The van der Waals surface area contributed by atoms with Crippen molar-refractivity contribution in [3.05, 3.63) is 83.9 Å². The van der Waals surface area contributed by atoms with Crippen LogP contribution in [0.25, 0.3) is 33.9 Å². The van der Waals surface area contributed by atoms with Crippen LogP contribution < -0.4 is 16.0 Å². The topological polar surface area (TPSA) is 112 Å². The van der Waals surface area contributed by atoms with E-state index in [9.17, 15) is 9.90 Å². The van der Waals surface area contributed by atoms with E-state index in [1.165, 1.54) is 0 Å². The van der Waals surface area contributed by atoms with E-state index in [2.05, 4.69) is 17.6 Å². The first-order chi connectivity index (χ1) is 18.3. The van der Waals surface area contributed by atoms with Crippen LogP contribution in [0.1, 0.15) is 42.6 Å². The van der Waals surface area contributed by atoms with Gasteiger partial charge in [-0.3, -0.25) is 14.2 Å². The van der Waals surface area contributed by atoms with E-state index in [0.29, 0.717) is 37.5 Å². The molecule has 4 aromatic rings. The summed E-state index contributed by atoms with van der Waals surface area (Å²) in [7, 11) is 0. The van der Waals surface area contributed by atoms with Crippen molar-refractivity contribution in [2.45, 2.75) is 44.6 Å². The Morgan fingerprint density at radius 1 is 1.11 bits per heavy atom. The van der Waals surface area contributed by atoms with Crippen molar-refractivity contribution in [2.24, 2.45) is 5.73 Å². The van der Waals surface area contributed by atoms with Gasteiger partial charge in [-0.05, 0) is 50.5 Å². The molecule has 1 aliphatic heterocycles. The Morgan fingerprint density at radius 2 is 1.84 bits per heavy atom. The van der Waals surface area contributed by atoms with Crippen LogP contribution in [0.4, 0.5) is 0 Å². The summed E-state index contributed by atoms with van der Waals surface area (Å²) in [6.45, 7) is 4.29. The van der Waals surface area contributed by atoms with Crippen molar-refractivity contribution in [3.63, 3.8) is 0 Å². The normalized spacial score (nSPS) is 21.6. The van der Waals surface area contributed by atoms with Crippen LogP contribution in [0.5, 0.6) is 5.75 Å². The Morgan fingerprint density at radius 3 is 2.53 bits per heavy atom. The summed E-state index contributed by atoms with van der Waals surface area (Å²) in [6.07, 6.45) is 1.06. The molecule has 3 aromatic carbocycles. The molecule has 1 fully saturated rings. The van der Waals surface area contributed by atoms with Crippen LogP contribution in [0.3, 0.4) is 0 Å². The first kappa shape index (κ1) is 24.4. The standard InChI is InChI=1S/C30H30N4O4/c1-3-38-33-28(35)21-11-14-24-23(15-21)27-32-25(26(34(27)18-37-24)20-7-5-4-6-8-20)19-9-12-22(13-10-19)30(31)16-29(2,36)17-30/h4-15,36H,3,16-18,31H2,1-2H3,(H,33,35)/t29-,30-. The minimum absolute atomic E-state index is 0.295. The highest BCUT2D eigenvalue weighted by Gasteiger charge is 2.49. The quantitative estimate of drug-likeness (QED) is 0.327. The molecule has 0 saturated heterocycles. The van der Waals surface area contributed by atoms with Crippen LogP contribution >= 0.6 is 0 Å². The number of imidazole rings is 1. The average molecular weight is 511 g/mol. The Kier molecular flexibility index (Phi) is 5.83. The van der Waals surface area contributed by atoms with Crippen LogP contribution in [-0.4, -0.2) is 32.8 Å². The molecule has 0 bridgehead atoms. The Bertz CT molecular complexity index is 1500. The summed E-state index contributed by atoms with van der Waals surface area (Å²) >= 11 is 0.